The van der Waals surface area contributed by atoms with Gasteiger partial charge in [0.25, 0.3) is 0 Å². The second-order valence-electron chi connectivity index (χ2n) is 4.27. The fraction of sp³-hybridized carbons (Fsp3) is 1.00. The first kappa shape index (κ1) is 8.48. The number of likely N-dealkylation sites (tertiary alicyclic amines) is 1. The molecule has 12 heavy (non-hydrogen) atoms. The van der Waals surface area contributed by atoms with Crippen LogP contribution < -0.4 is 5.32 Å². The Labute approximate surface area is 73.8 Å². The van der Waals surface area contributed by atoms with Gasteiger partial charge in [-0.05, 0) is 13.8 Å². The quantitative estimate of drug-likeness (QED) is 0.565. The van der Waals surface area contributed by atoms with Crippen molar-refractivity contribution >= 4 is 0 Å². The summed E-state index contributed by atoms with van der Waals surface area (Å²) in [6, 6.07) is 0.929. The first-order chi connectivity index (χ1) is 5.70. The number of hydrogen-bond donors (Lipinski definition) is 2. The van der Waals surface area contributed by atoms with Crippen LogP contribution in [0.2, 0.25) is 0 Å². The molecule has 3 heteroatoms. The number of aliphatic hydroxyl groups excluding tert-OH is 1. The molecule has 2 aliphatic heterocycles. The van der Waals surface area contributed by atoms with E-state index in [9.17, 15) is 5.11 Å². The van der Waals surface area contributed by atoms with Crippen LogP contribution in [0.1, 0.15) is 13.8 Å². The Balaban J connectivity index is 2.11. The van der Waals surface area contributed by atoms with Crippen molar-refractivity contribution < 1.29 is 5.11 Å². The monoisotopic (exact) mass is 170 g/mol. The zero-order valence-electron chi connectivity index (χ0n) is 7.83. The Kier molecular flexibility index (Phi) is 2.10. The fourth-order valence-electron chi connectivity index (χ4n) is 2.46. The molecule has 2 bridgehead atoms. The minimum Gasteiger partial charge on any atom is -0.391 e. The molecule has 2 rings (SSSR count). The minimum atomic E-state index is -0.0892. The average Bonchev–Trinajstić information content (AvgIpc) is 2.27. The SMILES string of the molecule is CC(C)N1CC2CNCC1C2O. The van der Waals surface area contributed by atoms with Crippen LogP contribution in [0.3, 0.4) is 0 Å². The van der Waals surface area contributed by atoms with Crippen LogP contribution in [0.15, 0.2) is 0 Å². The Morgan fingerprint density at radius 2 is 2.17 bits per heavy atom. The molecule has 0 aromatic heterocycles. The molecule has 3 unspecified atom stereocenters. The Bertz CT molecular complexity index is 172. The lowest BCUT2D eigenvalue weighted by Gasteiger charge is -2.31. The van der Waals surface area contributed by atoms with Gasteiger partial charge in [0, 0.05) is 37.6 Å². The van der Waals surface area contributed by atoms with Crippen molar-refractivity contribution in [2.75, 3.05) is 19.6 Å². The molecule has 0 radical (unpaired) electrons. The predicted molar refractivity (Wildman–Crippen MR) is 48.0 cm³/mol. The zero-order chi connectivity index (χ0) is 8.72. The molecule has 3 atom stereocenters. The van der Waals surface area contributed by atoms with Gasteiger partial charge in [0.1, 0.15) is 0 Å². The highest BCUT2D eigenvalue weighted by molar-refractivity contribution is 4.99. The first-order valence-electron chi connectivity index (χ1n) is 4.84. The molecule has 2 aliphatic rings. The maximum Gasteiger partial charge on any atom is 0.0760 e. The third-order valence-electron chi connectivity index (χ3n) is 3.17. The van der Waals surface area contributed by atoms with Gasteiger partial charge in [0.15, 0.2) is 0 Å². The van der Waals surface area contributed by atoms with E-state index in [1.807, 2.05) is 0 Å². The van der Waals surface area contributed by atoms with E-state index in [-0.39, 0.29) is 6.10 Å². The maximum absolute atomic E-state index is 9.85. The van der Waals surface area contributed by atoms with E-state index in [4.69, 9.17) is 0 Å². The highest BCUT2D eigenvalue weighted by Gasteiger charge is 2.43. The number of nitrogens with zero attached hydrogens (tertiary/aromatic N) is 1. The molecule has 0 spiro atoms. The summed E-state index contributed by atoms with van der Waals surface area (Å²) in [6.45, 7) is 7.41. The van der Waals surface area contributed by atoms with Crippen molar-refractivity contribution in [2.45, 2.75) is 32.0 Å². The lowest BCUT2D eigenvalue weighted by atomic mass is 9.98. The van der Waals surface area contributed by atoms with Crippen molar-refractivity contribution in [3.05, 3.63) is 0 Å². The van der Waals surface area contributed by atoms with E-state index < -0.39 is 0 Å². The van der Waals surface area contributed by atoms with Crippen LogP contribution in [0.25, 0.3) is 0 Å². The van der Waals surface area contributed by atoms with Crippen LogP contribution in [-0.4, -0.2) is 47.8 Å². The van der Waals surface area contributed by atoms with E-state index in [2.05, 4.69) is 24.1 Å². The molecular weight excluding hydrogens is 152 g/mol. The van der Waals surface area contributed by atoms with E-state index in [1.54, 1.807) is 0 Å². The largest absolute Gasteiger partial charge is 0.391 e. The molecule has 0 aliphatic carbocycles. The Morgan fingerprint density at radius 1 is 1.42 bits per heavy atom. The summed E-state index contributed by atoms with van der Waals surface area (Å²) in [5, 5.41) is 13.2. The molecule has 3 nitrogen and oxygen atoms in total. The normalized spacial score (nSPS) is 42.5. The zero-order valence-corrected chi connectivity index (χ0v) is 7.83. The van der Waals surface area contributed by atoms with E-state index in [1.165, 1.54) is 0 Å². The standard InChI is InChI=1S/C9H18N2O/c1-6(2)11-5-7-3-10-4-8(11)9(7)12/h6-10,12H,3-5H2,1-2H3. The van der Waals surface area contributed by atoms with E-state index in [0.29, 0.717) is 18.0 Å². The summed E-state index contributed by atoms with van der Waals surface area (Å²) in [4.78, 5) is 2.41. The summed E-state index contributed by atoms with van der Waals surface area (Å²) in [5.74, 6) is 0.464. The molecule has 0 saturated carbocycles. The number of nitrogens with one attached hydrogen (secondary N) is 1. The number of hydrogen-bond acceptors (Lipinski definition) is 3. The number of piperidine rings is 1. The summed E-state index contributed by atoms with van der Waals surface area (Å²) in [6.07, 6.45) is -0.0892. The van der Waals surface area contributed by atoms with Crippen molar-refractivity contribution in [3.8, 4) is 0 Å². The van der Waals surface area contributed by atoms with Gasteiger partial charge in [0.2, 0.25) is 0 Å². The molecule has 0 aromatic rings. The van der Waals surface area contributed by atoms with Crippen molar-refractivity contribution in [1.29, 1.82) is 0 Å². The van der Waals surface area contributed by atoms with Crippen LogP contribution in [-0.2, 0) is 0 Å². The molecule has 2 fully saturated rings. The lowest BCUT2D eigenvalue weighted by Crippen LogP contribution is -2.49. The summed E-state index contributed by atoms with van der Waals surface area (Å²) >= 11 is 0. The molecule has 0 amide bonds. The molecular formula is C9H18N2O. The first-order valence-corrected chi connectivity index (χ1v) is 4.84. The van der Waals surface area contributed by atoms with E-state index in [0.717, 1.165) is 19.6 Å². The second kappa shape index (κ2) is 2.98. The van der Waals surface area contributed by atoms with Crippen LogP contribution in [0, 0.1) is 5.92 Å². The topological polar surface area (TPSA) is 35.5 Å². The maximum atomic E-state index is 9.85. The predicted octanol–water partition coefficient (Wildman–Crippen LogP) is -0.341. The molecule has 0 aromatic carbocycles. The minimum absolute atomic E-state index is 0.0892. The van der Waals surface area contributed by atoms with Gasteiger partial charge in [-0.2, -0.15) is 0 Å². The summed E-state index contributed by atoms with van der Waals surface area (Å²) in [5.41, 5.74) is 0. The number of rotatable bonds is 1. The molecule has 2 N–H and O–H groups in total. The van der Waals surface area contributed by atoms with Gasteiger partial charge in [-0.15, -0.1) is 0 Å². The Hall–Kier alpha value is -0.120. The van der Waals surface area contributed by atoms with Crippen molar-refractivity contribution in [2.24, 2.45) is 5.92 Å². The van der Waals surface area contributed by atoms with Crippen molar-refractivity contribution in [1.82, 2.24) is 10.2 Å². The Morgan fingerprint density at radius 3 is 2.75 bits per heavy atom. The summed E-state index contributed by atoms with van der Waals surface area (Å²) in [7, 11) is 0. The fourth-order valence-corrected chi connectivity index (χ4v) is 2.46. The highest BCUT2D eigenvalue weighted by atomic mass is 16.3. The third kappa shape index (κ3) is 1.16. The van der Waals surface area contributed by atoms with Gasteiger partial charge in [-0.1, -0.05) is 0 Å². The lowest BCUT2D eigenvalue weighted by molar-refractivity contribution is 0.0681. The van der Waals surface area contributed by atoms with Crippen LogP contribution in [0.5, 0.6) is 0 Å². The smallest absolute Gasteiger partial charge is 0.0760 e. The van der Waals surface area contributed by atoms with Gasteiger partial charge in [0.05, 0.1) is 6.10 Å². The van der Waals surface area contributed by atoms with Crippen LogP contribution >= 0.6 is 0 Å². The van der Waals surface area contributed by atoms with E-state index >= 15 is 0 Å². The van der Waals surface area contributed by atoms with Gasteiger partial charge >= 0.3 is 0 Å². The molecule has 70 valence electrons. The molecule has 2 saturated heterocycles. The summed E-state index contributed by atoms with van der Waals surface area (Å²) < 4.78 is 0. The van der Waals surface area contributed by atoms with Crippen molar-refractivity contribution in [3.63, 3.8) is 0 Å². The second-order valence-corrected chi connectivity index (χ2v) is 4.27. The van der Waals surface area contributed by atoms with Crippen LogP contribution in [0.4, 0.5) is 0 Å². The highest BCUT2D eigenvalue weighted by Crippen LogP contribution is 2.27. The average molecular weight is 170 g/mol. The number of aliphatic hydroxyl groups is 1. The van der Waals surface area contributed by atoms with Gasteiger partial charge in [-0.25, -0.2) is 0 Å². The van der Waals surface area contributed by atoms with Gasteiger partial charge in [-0.3, -0.25) is 4.90 Å². The number of fused-ring (bicyclic) bond motifs is 2. The van der Waals surface area contributed by atoms with Gasteiger partial charge < -0.3 is 10.4 Å². The molecule has 2 heterocycles. The third-order valence-corrected chi connectivity index (χ3v) is 3.17.